The normalized spacial score (nSPS) is 13.7. The number of halogens is 1. The summed E-state index contributed by atoms with van der Waals surface area (Å²) in [4.78, 5) is 32.9. The molecule has 0 aliphatic carbocycles. The van der Waals surface area contributed by atoms with E-state index in [1.165, 1.54) is 63.5 Å². The molecule has 1 aliphatic heterocycles. The summed E-state index contributed by atoms with van der Waals surface area (Å²) < 4.78 is 24.5. The van der Waals surface area contributed by atoms with Crippen LogP contribution in [-0.4, -0.2) is 72.5 Å². The molecule has 0 bridgehead atoms. The maximum atomic E-state index is 13.7. The average Bonchev–Trinajstić information content (AvgIpc) is 3.54. The summed E-state index contributed by atoms with van der Waals surface area (Å²) in [6.45, 7) is 7.60. The van der Waals surface area contributed by atoms with Crippen molar-refractivity contribution in [3.05, 3.63) is 59.8 Å². The van der Waals surface area contributed by atoms with E-state index in [1.54, 1.807) is 34.3 Å². The van der Waals surface area contributed by atoms with Crippen LogP contribution in [0.25, 0.3) is 0 Å². The van der Waals surface area contributed by atoms with Crippen molar-refractivity contribution in [1.82, 2.24) is 14.7 Å². The molecule has 0 spiro atoms. The van der Waals surface area contributed by atoms with Crippen LogP contribution in [0.3, 0.4) is 0 Å². The van der Waals surface area contributed by atoms with Gasteiger partial charge < -0.3 is 19.0 Å². The SMILES string of the molecule is CCCCCCCCCCCCCC(=O)N(CCCN1CCOCC1)CC(=O)N(Cc1ccc(F)cc1)Cc1ccco1. The van der Waals surface area contributed by atoms with Crippen molar-refractivity contribution in [2.75, 3.05) is 45.9 Å². The van der Waals surface area contributed by atoms with Gasteiger partial charge in [0.15, 0.2) is 0 Å². The quantitative estimate of drug-likeness (QED) is 0.134. The van der Waals surface area contributed by atoms with E-state index in [0.717, 1.165) is 64.1 Å². The molecule has 0 saturated carbocycles. The predicted octanol–water partition coefficient (Wildman–Crippen LogP) is 7.20. The zero-order chi connectivity index (χ0) is 30.5. The van der Waals surface area contributed by atoms with Gasteiger partial charge in [-0.2, -0.15) is 0 Å². The minimum atomic E-state index is -0.313. The summed E-state index contributed by atoms with van der Waals surface area (Å²) in [6.07, 6.45) is 16.4. The Morgan fingerprint density at radius 3 is 2.07 bits per heavy atom. The van der Waals surface area contributed by atoms with Crippen LogP contribution < -0.4 is 0 Å². The zero-order valence-electron chi connectivity index (χ0n) is 26.5. The van der Waals surface area contributed by atoms with Gasteiger partial charge in [-0.3, -0.25) is 14.5 Å². The van der Waals surface area contributed by atoms with Gasteiger partial charge in [-0.15, -0.1) is 0 Å². The number of carbonyl (C=O) groups is 2. The van der Waals surface area contributed by atoms with E-state index in [0.29, 0.717) is 25.3 Å². The first kappa shape index (κ1) is 34.8. The third-order valence-electron chi connectivity index (χ3n) is 8.25. The van der Waals surface area contributed by atoms with Crippen LogP contribution in [0.15, 0.2) is 47.1 Å². The number of benzene rings is 1. The molecule has 8 heteroatoms. The first-order chi connectivity index (χ1) is 21.0. The number of unbranched alkanes of at least 4 members (excludes halogenated alkanes) is 10. The Morgan fingerprint density at radius 2 is 1.44 bits per heavy atom. The predicted molar refractivity (Wildman–Crippen MR) is 169 cm³/mol. The molecule has 1 aromatic heterocycles. The third-order valence-corrected chi connectivity index (χ3v) is 8.25. The highest BCUT2D eigenvalue weighted by Crippen LogP contribution is 2.15. The second-order valence-corrected chi connectivity index (χ2v) is 11.9. The number of ether oxygens (including phenoxy) is 1. The fraction of sp³-hybridized carbons (Fsp3) is 0.657. The van der Waals surface area contributed by atoms with E-state index in [2.05, 4.69) is 11.8 Å². The molecule has 3 rings (SSSR count). The topological polar surface area (TPSA) is 66.2 Å². The van der Waals surface area contributed by atoms with E-state index < -0.39 is 0 Å². The molecule has 0 N–H and O–H groups in total. The van der Waals surface area contributed by atoms with Gasteiger partial charge in [-0.05, 0) is 42.7 Å². The Balaban J connectivity index is 1.51. The first-order valence-corrected chi connectivity index (χ1v) is 16.7. The third kappa shape index (κ3) is 14.5. The highest BCUT2D eigenvalue weighted by molar-refractivity contribution is 5.84. The molecule has 1 aromatic carbocycles. The maximum absolute atomic E-state index is 13.7. The Hall–Kier alpha value is -2.71. The van der Waals surface area contributed by atoms with E-state index in [1.807, 2.05) is 6.07 Å². The lowest BCUT2D eigenvalue weighted by Crippen LogP contribution is -2.44. The van der Waals surface area contributed by atoms with Crippen LogP contribution in [0.5, 0.6) is 0 Å². The minimum Gasteiger partial charge on any atom is -0.467 e. The Labute approximate surface area is 258 Å². The highest BCUT2D eigenvalue weighted by atomic mass is 19.1. The molecule has 0 unspecified atom stereocenters. The van der Waals surface area contributed by atoms with E-state index in [4.69, 9.17) is 9.15 Å². The van der Waals surface area contributed by atoms with Gasteiger partial charge in [0.25, 0.3) is 0 Å². The monoisotopic (exact) mass is 599 g/mol. The van der Waals surface area contributed by atoms with Gasteiger partial charge in [0.1, 0.15) is 11.6 Å². The standard InChI is InChI=1S/C35H54FN3O4/c1-2-3-4-5-6-7-8-9-10-11-12-16-34(40)38(22-14-21-37-23-26-42-27-24-37)30-35(41)39(29-33-15-13-25-43-33)28-31-17-19-32(36)20-18-31/h13,15,17-20,25H,2-12,14,16,21-24,26-30H2,1H3. The van der Waals surface area contributed by atoms with Crippen LogP contribution in [0.4, 0.5) is 4.39 Å². The second-order valence-electron chi connectivity index (χ2n) is 11.9. The van der Waals surface area contributed by atoms with Gasteiger partial charge in [-0.25, -0.2) is 4.39 Å². The first-order valence-electron chi connectivity index (χ1n) is 16.7. The largest absolute Gasteiger partial charge is 0.467 e. The van der Waals surface area contributed by atoms with Crippen LogP contribution in [0.2, 0.25) is 0 Å². The number of rotatable bonds is 22. The lowest BCUT2D eigenvalue weighted by molar-refractivity contribution is -0.141. The van der Waals surface area contributed by atoms with Crippen molar-refractivity contribution in [2.45, 2.75) is 103 Å². The van der Waals surface area contributed by atoms with E-state index >= 15 is 0 Å². The lowest BCUT2D eigenvalue weighted by atomic mass is 10.1. The van der Waals surface area contributed by atoms with Crippen LogP contribution in [0.1, 0.15) is 102 Å². The Bertz CT molecular complexity index is 1010. The smallest absolute Gasteiger partial charge is 0.242 e. The molecular weight excluding hydrogens is 545 g/mol. The number of hydrogen-bond acceptors (Lipinski definition) is 5. The molecule has 0 atom stereocenters. The maximum Gasteiger partial charge on any atom is 0.242 e. The van der Waals surface area contributed by atoms with Crippen molar-refractivity contribution in [3.63, 3.8) is 0 Å². The lowest BCUT2D eigenvalue weighted by Gasteiger charge is -2.30. The van der Waals surface area contributed by atoms with Gasteiger partial charge >= 0.3 is 0 Å². The van der Waals surface area contributed by atoms with E-state index in [9.17, 15) is 14.0 Å². The summed E-state index contributed by atoms with van der Waals surface area (Å²) in [7, 11) is 0. The van der Waals surface area contributed by atoms with Crippen LogP contribution in [0, 0.1) is 5.82 Å². The highest BCUT2D eigenvalue weighted by Gasteiger charge is 2.23. The number of amides is 2. The van der Waals surface area contributed by atoms with Crippen LogP contribution >= 0.6 is 0 Å². The summed E-state index contributed by atoms with van der Waals surface area (Å²) >= 11 is 0. The van der Waals surface area contributed by atoms with Gasteiger partial charge in [0.2, 0.25) is 11.8 Å². The molecular formula is C35H54FN3O4. The second kappa shape index (κ2) is 21.1. The molecule has 1 saturated heterocycles. The number of carbonyl (C=O) groups excluding carboxylic acids is 2. The molecule has 1 fully saturated rings. The van der Waals surface area contributed by atoms with Gasteiger partial charge in [0, 0.05) is 39.1 Å². The molecule has 2 heterocycles. The summed E-state index contributed by atoms with van der Waals surface area (Å²) in [6, 6.07) is 9.82. The summed E-state index contributed by atoms with van der Waals surface area (Å²) in [5.74, 6) is 0.263. The molecule has 0 radical (unpaired) electrons. The number of hydrogen-bond donors (Lipinski definition) is 0. The van der Waals surface area contributed by atoms with Crippen LogP contribution in [-0.2, 0) is 27.4 Å². The molecule has 7 nitrogen and oxygen atoms in total. The Morgan fingerprint density at radius 1 is 0.791 bits per heavy atom. The zero-order valence-corrected chi connectivity index (χ0v) is 26.5. The minimum absolute atomic E-state index is 0.0296. The summed E-state index contributed by atoms with van der Waals surface area (Å²) in [5, 5.41) is 0. The van der Waals surface area contributed by atoms with Crippen molar-refractivity contribution in [3.8, 4) is 0 Å². The molecule has 240 valence electrons. The Kier molecular flexibility index (Phi) is 17.0. The van der Waals surface area contributed by atoms with Crippen molar-refractivity contribution in [2.24, 2.45) is 0 Å². The molecule has 2 amide bonds. The fourth-order valence-corrected chi connectivity index (χ4v) is 5.60. The van der Waals surface area contributed by atoms with Crippen molar-refractivity contribution >= 4 is 11.8 Å². The van der Waals surface area contributed by atoms with Gasteiger partial charge in [0.05, 0.1) is 32.6 Å². The van der Waals surface area contributed by atoms with Crippen molar-refractivity contribution < 1.29 is 23.1 Å². The average molecular weight is 600 g/mol. The number of furan rings is 1. The molecule has 2 aromatic rings. The summed E-state index contributed by atoms with van der Waals surface area (Å²) in [5.41, 5.74) is 0.826. The molecule has 43 heavy (non-hydrogen) atoms. The number of nitrogens with zero attached hydrogens (tertiary/aromatic N) is 3. The van der Waals surface area contributed by atoms with Crippen molar-refractivity contribution in [1.29, 1.82) is 0 Å². The molecule has 1 aliphatic rings. The fourth-order valence-electron chi connectivity index (χ4n) is 5.60. The number of morpholine rings is 1. The van der Waals surface area contributed by atoms with Gasteiger partial charge in [-0.1, -0.05) is 83.3 Å². The van der Waals surface area contributed by atoms with E-state index in [-0.39, 0.29) is 30.7 Å².